The topological polar surface area (TPSA) is 34.0 Å². The Bertz CT molecular complexity index is 288. The van der Waals surface area contributed by atoms with Crippen molar-refractivity contribution in [3.8, 4) is 0 Å². The molecule has 3 nitrogen and oxygen atoms in total. The molecule has 0 bridgehead atoms. The number of nitrogens with zero attached hydrogens (tertiary/aromatic N) is 2. The number of hydrogen-bond donors (Lipinski definition) is 0. The fraction of sp³-hybridized carbons (Fsp3) is 0.273. The standard InChI is InChI=1S/C11H16N2O/c1-6-7-11(8-13-12-5)10(4)14-9(2)3/h6,8H,1-2,4,7H2,3,5H3/b11-8-,13-12-. The van der Waals surface area contributed by atoms with Crippen molar-refractivity contribution < 1.29 is 4.74 Å². The molecule has 0 aliphatic heterocycles. The summed E-state index contributed by atoms with van der Waals surface area (Å²) in [5.41, 5.74) is 0.841. The van der Waals surface area contributed by atoms with Crippen LogP contribution < -0.4 is 0 Å². The summed E-state index contributed by atoms with van der Waals surface area (Å²) in [5, 5.41) is 7.38. The molecule has 3 heteroatoms. The van der Waals surface area contributed by atoms with Crippen molar-refractivity contribution in [2.45, 2.75) is 13.3 Å². The van der Waals surface area contributed by atoms with Crippen LogP contribution in [0.5, 0.6) is 0 Å². The van der Waals surface area contributed by atoms with E-state index in [0.717, 1.165) is 5.57 Å². The van der Waals surface area contributed by atoms with Gasteiger partial charge in [0.1, 0.15) is 5.76 Å². The smallest absolute Gasteiger partial charge is 0.124 e. The van der Waals surface area contributed by atoms with Gasteiger partial charge in [0.05, 0.1) is 12.0 Å². The van der Waals surface area contributed by atoms with Gasteiger partial charge in [-0.15, -0.1) is 6.58 Å². The molecule has 0 saturated heterocycles. The van der Waals surface area contributed by atoms with Crippen LogP contribution in [0.1, 0.15) is 13.3 Å². The van der Waals surface area contributed by atoms with E-state index in [9.17, 15) is 0 Å². The van der Waals surface area contributed by atoms with Crippen LogP contribution >= 0.6 is 0 Å². The van der Waals surface area contributed by atoms with Crippen LogP contribution in [0.4, 0.5) is 0 Å². The number of allylic oxidation sites excluding steroid dienone is 3. The number of azo groups is 1. The fourth-order valence-electron chi connectivity index (χ4n) is 0.797. The highest BCUT2D eigenvalue weighted by Gasteiger charge is 2.02. The van der Waals surface area contributed by atoms with Gasteiger partial charge in [-0.1, -0.05) is 19.2 Å². The Balaban J connectivity index is 4.55. The van der Waals surface area contributed by atoms with Gasteiger partial charge in [-0.2, -0.15) is 10.2 Å². The molecule has 0 N–H and O–H groups in total. The van der Waals surface area contributed by atoms with Crippen LogP contribution in [0.25, 0.3) is 0 Å². The molecule has 76 valence electrons. The summed E-state index contributed by atoms with van der Waals surface area (Å²) in [6.45, 7) is 12.8. The maximum atomic E-state index is 5.26. The molecule has 0 aliphatic rings. The molecule has 0 saturated carbocycles. The first-order valence-electron chi connectivity index (χ1n) is 4.23. The first-order chi connectivity index (χ1) is 6.61. The van der Waals surface area contributed by atoms with Crippen LogP contribution in [-0.2, 0) is 4.74 Å². The van der Waals surface area contributed by atoms with Crippen molar-refractivity contribution in [3.05, 3.63) is 49.1 Å². The molecule has 0 aromatic rings. The van der Waals surface area contributed by atoms with Gasteiger partial charge in [0.25, 0.3) is 0 Å². The Morgan fingerprint density at radius 3 is 2.50 bits per heavy atom. The number of hydrogen-bond acceptors (Lipinski definition) is 3. The van der Waals surface area contributed by atoms with Crippen LogP contribution in [0.2, 0.25) is 0 Å². The Morgan fingerprint density at radius 2 is 2.07 bits per heavy atom. The predicted molar refractivity (Wildman–Crippen MR) is 58.7 cm³/mol. The van der Waals surface area contributed by atoms with Crippen molar-refractivity contribution in [1.29, 1.82) is 0 Å². The zero-order valence-corrected chi connectivity index (χ0v) is 8.79. The van der Waals surface area contributed by atoms with Crippen molar-refractivity contribution in [2.75, 3.05) is 7.05 Å². The van der Waals surface area contributed by atoms with Crippen LogP contribution in [0.15, 0.2) is 59.3 Å². The van der Waals surface area contributed by atoms with Crippen LogP contribution in [0, 0.1) is 0 Å². The minimum absolute atomic E-state index is 0.532. The second kappa shape index (κ2) is 6.83. The highest BCUT2D eigenvalue weighted by molar-refractivity contribution is 5.25. The molecule has 14 heavy (non-hydrogen) atoms. The van der Waals surface area contributed by atoms with Gasteiger partial charge in [-0.3, -0.25) is 0 Å². The summed E-state index contributed by atoms with van der Waals surface area (Å²) in [4.78, 5) is 0. The Labute approximate surface area is 85.2 Å². The van der Waals surface area contributed by atoms with Crippen LogP contribution in [0.3, 0.4) is 0 Å². The van der Waals surface area contributed by atoms with Gasteiger partial charge in [-0.25, -0.2) is 0 Å². The molecule has 0 amide bonds. The summed E-state index contributed by atoms with van der Waals surface area (Å²) < 4.78 is 5.26. The van der Waals surface area contributed by atoms with Gasteiger partial charge in [0.2, 0.25) is 0 Å². The third kappa shape index (κ3) is 5.09. The monoisotopic (exact) mass is 192 g/mol. The van der Waals surface area contributed by atoms with E-state index in [-0.39, 0.29) is 0 Å². The van der Waals surface area contributed by atoms with E-state index < -0.39 is 0 Å². The molecule has 0 rings (SSSR count). The largest absolute Gasteiger partial charge is 0.463 e. The molecule has 0 aliphatic carbocycles. The highest BCUT2D eigenvalue weighted by Crippen LogP contribution is 2.16. The molecule has 0 aromatic carbocycles. The Kier molecular flexibility index (Phi) is 6.03. The van der Waals surface area contributed by atoms with Gasteiger partial charge in [0.15, 0.2) is 0 Å². The van der Waals surface area contributed by atoms with E-state index in [1.165, 1.54) is 0 Å². The lowest BCUT2D eigenvalue weighted by molar-refractivity contribution is 0.319. The van der Waals surface area contributed by atoms with E-state index in [1.807, 2.05) is 0 Å². The zero-order chi connectivity index (χ0) is 11.0. The van der Waals surface area contributed by atoms with Crippen molar-refractivity contribution in [1.82, 2.24) is 0 Å². The lowest BCUT2D eigenvalue weighted by atomic mass is 10.2. The second-order valence-corrected chi connectivity index (χ2v) is 2.69. The molecule has 0 radical (unpaired) electrons. The molecule has 0 atom stereocenters. The summed E-state index contributed by atoms with van der Waals surface area (Å²) in [5.74, 6) is 1.13. The molecule has 0 aromatic heterocycles. The average Bonchev–Trinajstić information content (AvgIpc) is 2.10. The quantitative estimate of drug-likeness (QED) is 0.274. The first-order valence-corrected chi connectivity index (χ1v) is 4.23. The normalized spacial score (nSPS) is 11.4. The summed E-state index contributed by atoms with van der Waals surface area (Å²) in [6, 6.07) is 0. The van der Waals surface area contributed by atoms with Gasteiger partial charge in [0, 0.05) is 12.6 Å². The highest BCUT2D eigenvalue weighted by atomic mass is 16.5. The molecule has 0 heterocycles. The average molecular weight is 192 g/mol. The van der Waals surface area contributed by atoms with Crippen molar-refractivity contribution in [3.63, 3.8) is 0 Å². The summed E-state index contributed by atoms with van der Waals surface area (Å²) in [6.07, 6.45) is 4.00. The maximum absolute atomic E-state index is 5.26. The summed E-state index contributed by atoms with van der Waals surface area (Å²) in [7, 11) is 1.60. The van der Waals surface area contributed by atoms with Crippen molar-refractivity contribution >= 4 is 0 Å². The van der Waals surface area contributed by atoms with E-state index in [2.05, 4.69) is 30.0 Å². The second-order valence-electron chi connectivity index (χ2n) is 2.69. The lowest BCUT2D eigenvalue weighted by Gasteiger charge is -2.09. The van der Waals surface area contributed by atoms with Crippen LogP contribution in [-0.4, -0.2) is 7.05 Å². The zero-order valence-electron chi connectivity index (χ0n) is 8.79. The van der Waals surface area contributed by atoms with E-state index in [0.29, 0.717) is 17.9 Å². The van der Waals surface area contributed by atoms with Gasteiger partial charge in [-0.05, 0) is 13.3 Å². The molecular formula is C11H16N2O. The molecular weight excluding hydrogens is 176 g/mol. The third-order valence-corrected chi connectivity index (χ3v) is 1.35. The minimum atomic E-state index is 0.532. The SMILES string of the molecule is C=CC/C(=C/N=N\C)C(=C)OC(=C)C. The van der Waals surface area contributed by atoms with E-state index in [1.54, 1.807) is 26.2 Å². The Hall–Kier alpha value is -1.64. The van der Waals surface area contributed by atoms with Gasteiger partial charge < -0.3 is 4.74 Å². The minimum Gasteiger partial charge on any atom is -0.463 e. The fourth-order valence-corrected chi connectivity index (χ4v) is 0.797. The van der Waals surface area contributed by atoms with E-state index in [4.69, 9.17) is 4.74 Å². The Morgan fingerprint density at radius 1 is 1.43 bits per heavy atom. The predicted octanol–water partition coefficient (Wildman–Crippen LogP) is 3.59. The van der Waals surface area contributed by atoms with Crippen molar-refractivity contribution in [2.24, 2.45) is 10.2 Å². The number of ether oxygens (including phenoxy) is 1. The lowest BCUT2D eigenvalue weighted by Crippen LogP contribution is -1.92. The molecule has 0 fully saturated rings. The first kappa shape index (κ1) is 12.4. The van der Waals surface area contributed by atoms with Gasteiger partial charge >= 0.3 is 0 Å². The third-order valence-electron chi connectivity index (χ3n) is 1.35. The number of rotatable bonds is 6. The molecule has 0 spiro atoms. The molecule has 0 unspecified atom stereocenters. The summed E-state index contributed by atoms with van der Waals surface area (Å²) >= 11 is 0. The van der Waals surface area contributed by atoms with E-state index >= 15 is 0 Å². The maximum Gasteiger partial charge on any atom is 0.124 e.